The van der Waals surface area contributed by atoms with E-state index in [0.29, 0.717) is 6.54 Å². The van der Waals surface area contributed by atoms with Gasteiger partial charge in [0.05, 0.1) is 6.54 Å². The highest BCUT2D eigenvalue weighted by Crippen LogP contribution is 2.30. The molecule has 4 nitrogen and oxygen atoms in total. The predicted molar refractivity (Wildman–Crippen MR) is 85.1 cm³/mol. The Morgan fingerprint density at radius 3 is 2.62 bits per heavy atom. The van der Waals surface area contributed by atoms with Crippen molar-refractivity contribution < 1.29 is 4.79 Å². The number of hydrogen-bond acceptors (Lipinski definition) is 3. The van der Waals surface area contributed by atoms with Crippen LogP contribution < -0.4 is 5.32 Å². The molecule has 3 rings (SSSR count). The van der Waals surface area contributed by atoms with Crippen molar-refractivity contribution in [3.63, 3.8) is 0 Å². The summed E-state index contributed by atoms with van der Waals surface area (Å²) in [6.07, 6.45) is 8.00. The fourth-order valence-corrected chi connectivity index (χ4v) is 4.49. The van der Waals surface area contributed by atoms with Gasteiger partial charge in [-0.25, -0.2) is 0 Å². The first-order valence-electron chi connectivity index (χ1n) is 8.88. The highest BCUT2D eigenvalue weighted by Gasteiger charge is 2.36. The molecule has 0 spiro atoms. The van der Waals surface area contributed by atoms with Crippen LogP contribution in [0.1, 0.15) is 38.5 Å². The second kappa shape index (κ2) is 7.10. The zero-order valence-electron chi connectivity index (χ0n) is 13.5. The molecule has 1 N–H and O–H groups in total. The van der Waals surface area contributed by atoms with E-state index in [1.165, 1.54) is 51.6 Å². The van der Waals surface area contributed by atoms with Gasteiger partial charge in [0.1, 0.15) is 0 Å². The molecule has 0 aromatic rings. The number of hydrogen-bond donors (Lipinski definition) is 1. The standard InChI is InChI=1S/C17H31N3O/c1-19-8-7-15-11-20(12-16(15)10-19)13-17(21)18-9-14-5-3-2-4-6-14/h14-16H,2-13H2,1H3,(H,18,21)/t15-,16+/m1/s1. The molecular formula is C17H31N3O. The smallest absolute Gasteiger partial charge is 0.234 e. The lowest BCUT2D eigenvalue weighted by Gasteiger charge is -2.31. The van der Waals surface area contributed by atoms with Gasteiger partial charge in [-0.3, -0.25) is 9.69 Å². The Hall–Kier alpha value is -0.610. The number of fused-ring (bicyclic) bond motifs is 1. The van der Waals surface area contributed by atoms with Crippen LogP contribution >= 0.6 is 0 Å². The predicted octanol–water partition coefficient (Wildman–Crippen LogP) is 1.57. The summed E-state index contributed by atoms with van der Waals surface area (Å²) in [5.74, 6) is 2.59. The molecule has 3 aliphatic rings. The number of piperidine rings is 1. The summed E-state index contributed by atoms with van der Waals surface area (Å²) in [6.45, 7) is 6.21. The Morgan fingerprint density at radius 1 is 1.05 bits per heavy atom. The third-order valence-electron chi connectivity index (χ3n) is 5.76. The van der Waals surface area contributed by atoms with Crippen LogP contribution in [0.4, 0.5) is 0 Å². The van der Waals surface area contributed by atoms with Gasteiger partial charge in [-0.2, -0.15) is 0 Å². The lowest BCUT2D eigenvalue weighted by molar-refractivity contribution is -0.122. The maximum atomic E-state index is 12.1. The van der Waals surface area contributed by atoms with E-state index in [-0.39, 0.29) is 5.91 Å². The Balaban J connectivity index is 1.37. The Labute approximate surface area is 129 Å². The summed E-state index contributed by atoms with van der Waals surface area (Å²) in [6, 6.07) is 0. The molecule has 0 aromatic carbocycles. The molecule has 0 bridgehead atoms. The molecule has 120 valence electrons. The number of carbonyl (C=O) groups excluding carboxylic acids is 1. The molecule has 0 radical (unpaired) electrons. The molecular weight excluding hydrogens is 262 g/mol. The number of rotatable bonds is 4. The minimum atomic E-state index is 0.243. The van der Waals surface area contributed by atoms with Gasteiger partial charge in [-0.15, -0.1) is 0 Å². The first kappa shape index (κ1) is 15.3. The summed E-state index contributed by atoms with van der Waals surface area (Å²) in [5.41, 5.74) is 0. The fraction of sp³-hybridized carbons (Fsp3) is 0.941. The maximum absolute atomic E-state index is 12.1. The fourth-order valence-electron chi connectivity index (χ4n) is 4.49. The molecule has 2 aliphatic heterocycles. The Kier molecular flexibility index (Phi) is 5.17. The zero-order chi connectivity index (χ0) is 14.7. The van der Waals surface area contributed by atoms with Crippen molar-refractivity contribution in [2.75, 3.05) is 46.3 Å². The second-order valence-corrected chi connectivity index (χ2v) is 7.57. The topological polar surface area (TPSA) is 35.6 Å². The van der Waals surface area contributed by atoms with Crippen molar-refractivity contribution >= 4 is 5.91 Å². The summed E-state index contributed by atoms with van der Waals surface area (Å²) in [4.78, 5) is 17.0. The Bertz CT molecular complexity index is 354. The van der Waals surface area contributed by atoms with Gasteiger partial charge in [-0.05, 0) is 50.6 Å². The van der Waals surface area contributed by atoms with Crippen molar-refractivity contribution in [3.8, 4) is 0 Å². The molecule has 21 heavy (non-hydrogen) atoms. The summed E-state index contributed by atoms with van der Waals surface area (Å²) < 4.78 is 0. The van der Waals surface area contributed by atoms with Gasteiger partial charge in [0, 0.05) is 26.2 Å². The van der Waals surface area contributed by atoms with Gasteiger partial charge in [0.25, 0.3) is 0 Å². The van der Waals surface area contributed by atoms with E-state index in [1.54, 1.807) is 0 Å². The second-order valence-electron chi connectivity index (χ2n) is 7.57. The quantitative estimate of drug-likeness (QED) is 0.854. The first-order chi connectivity index (χ1) is 10.2. The van der Waals surface area contributed by atoms with Crippen LogP contribution in [0, 0.1) is 17.8 Å². The van der Waals surface area contributed by atoms with E-state index in [1.807, 2.05) is 0 Å². The van der Waals surface area contributed by atoms with Gasteiger partial charge in [0.2, 0.25) is 5.91 Å². The van der Waals surface area contributed by atoms with Crippen LogP contribution in [-0.2, 0) is 4.79 Å². The van der Waals surface area contributed by atoms with Crippen LogP contribution in [-0.4, -0.2) is 62.0 Å². The molecule has 2 atom stereocenters. The number of amides is 1. The molecule has 3 fully saturated rings. The van der Waals surface area contributed by atoms with Crippen LogP contribution in [0.25, 0.3) is 0 Å². The molecule has 1 amide bonds. The monoisotopic (exact) mass is 293 g/mol. The van der Waals surface area contributed by atoms with Gasteiger partial charge in [0.15, 0.2) is 0 Å². The van der Waals surface area contributed by atoms with E-state index in [9.17, 15) is 4.79 Å². The molecule has 0 unspecified atom stereocenters. The normalized spacial score (nSPS) is 32.0. The highest BCUT2D eigenvalue weighted by molar-refractivity contribution is 5.78. The highest BCUT2D eigenvalue weighted by atomic mass is 16.2. The minimum absolute atomic E-state index is 0.243. The van der Waals surface area contributed by atoms with Gasteiger partial charge in [-0.1, -0.05) is 19.3 Å². The van der Waals surface area contributed by atoms with Crippen LogP contribution in [0.5, 0.6) is 0 Å². The third kappa shape index (κ3) is 4.19. The molecule has 1 saturated carbocycles. The van der Waals surface area contributed by atoms with E-state index in [0.717, 1.165) is 37.4 Å². The van der Waals surface area contributed by atoms with Crippen molar-refractivity contribution in [2.24, 2.45) is 17.8 Å². The number of nitrogens with one attached hydrogen (secondary N) is 1. The maximum Gasteiger partial charge on any atom is 0.234 e. The van der Waals surface area contributed by atoms with Crippen molar-refractivity contribution in [2.45, 2.75) is 38.5 Å². The van der Waals surface area contributed by atoms with Crippen LogP contribution in [0.15, 0.2) is 0 Å². The number of carbonyl (C=O) groups is 1. The largest absolute Gasteiger partial charge is 0.355 e. The average molecular weight is 293 g/mol. The van der Waals surface area contributed by atoms with Crippen molar-refractivity contribution in [1.82, 2.24) is 15.1 Å². The van der Waals surface area contributed by atoms with E-state index < -0.39 is 0 Å². The molecule has 0 aromatic heterocycles. The van der Waals surface area contributed by atoms with E-state index in [2.05, 4.69) is 22.2 Å². The van der Waals surface area contributed by atoms with Crippen molar-refractivity contribution in [3.05, 3.63) is 0 Å². The van der Waals surface area contributed by atoms with Crippen molar-refractivity contribution in [1.29, 1.82) is 0 Å². The third-order valence-corrected chi connectivity index (χ3v) is 5.76. The van der Waals surface area contributed by atoms with Crippen LogP contribution in [0.2, 0.25) is 0 Å². The first-order valence-corrected chi connectivity index (χ1v) is 8.88. The lowest BCUT2D eigenvalue weighted by Crippen LogP contribution is -2.39. The van der Waals surface area contributed by atoms with Gasteiger partial charge >= 0.3 is 0 Å². The lowest BCUT2D eigenvalue weighted by atomic mass is 9.89. The molecule has 1 aliphatic carbocycles. The summed E-state index contributed by atoms with van der Waals surface area (Å²) in [5, 5.41) is 3.18. The van der Waals surface area contributed by atoms with Crippen LogP contribution in [0.3, 0.4) is 0 Å². The number of nitrogens with zero attached hydrogens (tertiary/aromatic N) is 2. The summed E-state index contributed by atoms with van der Waals surface area (Å²) >= 11 is 0. The Morgan fingerprint density at radius 2 is 1.81 bits per heavy atom. The number of likely N-dealkylation sites (tertiary alicyclic amines) is 2. The molecule has 2 saturated heterocycles. The minimum Gasteiger partial charge on any atom is -0.355 e. The summed E-state index contributed by atoms with van der Waals surface area (Å²) in [7, 11) is 2.22. The molecule has 2 heterocycles. The van der Waals surface area contributed by atoms with E-state index in [4.69, 9.17) is 0 Å². The average Bonchev–Trinajstić information content (AvgIpc) is 2.87. The molecule has 4 heteroatoms. The SMILES string of the molecule is CN1CC[C@@H]2CN(CC(=O)NCC3CCCCC3)C[C@@H]2C1. The zero-order valence-corrected chi connectivity index (χ0v) is 13.5. The van der Waals surface area contributed by atoms with E-state index >= 15 is 0 Å². The van der Waals surface area contributed by atoms with Gasteiger partial charge < -0.3 is 10.2 Å².